The van der Waals surface area contributed by atoms with Crippen molar-refractivity contribution in [2.24, 2.45) is 0 Å². The third kappa shape index (κ3) is 2.18. The molecule has 0 spiro atoms. The van der Waals surface area contributed by atoms with Gasteiger partial charge in [-0.1, -0.05) is 32.7 Å². The smallest absolute Gasteiger partial charge is 0.258 e. The lowest BCUT2D eigenvalue weighted by Crippen LogP contribution is -1.82. The van der Waals surface area contributed by atoms with Crippen LogP contribution in [0.15, 0.2) is 22.7 Å². The highest BCUT2D eigenvalue weighted by Crippen LogP contribution is 2.23. The molecule has 0 radical (unpaired) electrons. The van der Waals surface area contributed by atoms with E-state index in [0.29, 0.717) is 22.6 Å². The molecule has 0 aliphatic heterocycles. The standard InChI is InChI=1S/C9H5BrClFN2O/c10-4-8-13-9(15-14-8)5-1-2-7(12)6(11)3-5/h1-3H,4H2. The van der Waals surface area contributed by atoms with Gasteiger partial charge in [-0.25, -0.2) is 4.39 Å². The van der Waals surface area contributed by atoms with Crippen LogP contribution in [0.4, 0.5) is 4.39 Å². The van der Waals surface area contributed by atoms with Crippen molar-refractivity contribution in [3.05, 3.63) is 34.9 Å². The van der Waals surface area contributed by atoms with E-state index in [1.165, 1.54) is 18.2 Å². The van der Waals surface area contributed by atoms with Gasteiger partial charge in [0.1, 0.15) is 5.82 Å². The second-order valence-corrected chi connectivity index (χ2v) is 3.75. The van der Waals surface area contributed by atoms with Crippen molar-refractivity contribution in [3.8, 4) is 11.5 Å². The Labute approximate surface area is 98.4 Å². The highest BCUT2D eigenvalue weighted by Gasteiger charge is 2.09. The van der Waals surface area contributed by atoms with Gasteiger partial charge in [0.05, 0.1) is 10.4 Å². The lowest BCUT2D eigenvalue weighted by Gasteiger charge is -1.96. The number of aromatic nitrogens is 2. The molecule has 2 aromatic rings. The first kappa shape index (κ1) is 10.6. The maximum absolute atomic E-state index is 12.9. The predicted octanol–water partition coefficient (Wildman–Crippen LogP) is 3.42. The van der Waals surface area contributed by atoms with E-state index >= 15 is 0 Å². The van der Waals surface area contributed by atoms with Crippen LogP contribution >= 0.6 is 27.5 Å². The first-order chi connectivity index (χ1) is 7.20. The lowest BCUT2D eigenvalue weighted by atomic mass is 10.2. The molecule has 0 bridgehead atoms. The summed E-state index contributed by atoms with van der Waals surface area (Å²) in [5, 5.41) is 4.23. The van der Waals surface area contributed by atoms with E-state index < -0.39 is 5.82 Å². The van der Waals surface area contributed by atoms with Crippen LogP contribution in [0, 0.1) is 5.82 Å². The fourth-order valence-corrected chi connectivity index (χ4v) is 1.46. The SMILES string of the molecule is Fc1ccc(-c2nc(CBr)no2)cc1Cl. The van der Waals surface area contributed by atoms with Crippen molar-refractivity contribution in [1.82, 2.24) is 10.1 Å². The van der Waals surface area contributed by atoms with Crippen molar-refractivity contribution >= 4 is 27.5 Å². The highest BCUT2D eigenvalue weighted by atomic mass is 79.9. The molecular weight excluding hydrogens is 286 g/mol. The predicted molar refractivity (Wildman–Crippen MR) is 57.3 cm³/mol. The number of benzene rings is 1. The van der Waals surface area contributed by atoms with Gasteiger partial charge in [0.15, 0.2) is 5.82 Å². The molecule has 0 fully saturated rings. The topological polar surface area (TPSA) is 38.9 Å². The van der Waals surface area contributed by atoms with E-state index in [4.69, 9.17) is 16.1 Å². The van der Waals surface area contributed by atoms with Crippen molar-refractivity contribution in [3.63, 3.8) is 0 Å². The second-order valence-electron chi connectivity index (χ2n) is 2.78. The Hall–Kier alpha value is -0.940. The molecule has 0 unspecified atom stereocenters. The normalized spacial score (nSPS) is 10.6. The molecule has 0 saturated heterocycles. The summed E-state index contributed by atoms with van der Waals surface area (Å²) in [6.07, 6.45) is 0. The van der Waals surface area contributed by atoms with Crippen LogP contribution < -0.4 is 0 Å². The lowest BCUT2D eigenvalue weighted by molar-refractivity contribution is 0.425. The van der Waals surface area contributed by atoms with Gasteiger partial charge in [0.2, 0.25) is 0 Å². The van der Waals surface area contributed by atoms with E-state index in [-0.39, 0.29) is 5.02 Å². The maximum atomic E-state index is 12.9. The van der Waals surface area contributed by atoms with Crippen molar-refractivity contribution in [1.29, 1.82) is 0 Å². The molecule has 1 aromatic heterocycles. The molecule has 0 N–H and O–H groups in total. The fourth-order valence-electron chi connectivity index (χ4n) is 1.05. The summed E-state index contributed by atoms with van der Waals surface area (Å²) in [7, 11) is 0. The zero-order valence-corrected chi connectivity index (χ0v) is 9.72. The minimum atomic E-state index is -0.472. The van der Waals surface area contributed by atoms with Crippen molar-refractivity contribution < 1.29 is 8.91 Å². The average Bonchev–Trinajstić information content (AvgIpc) is 2.70. The second kappa shape index (κ2) is 4.28. The van der Waals surface area contributed by atoms with Gasteiger partial charge in [0.25, 0.3) is 5.89 Å². The third-order valence-corrected chi connectivity index (χ3v) is 2.55. The van der Waals surface area contributed by atoms with Crippen LogP contribution in [-0.2, 0) is 5.33 Å². The van der Waals surface area contributed by atoms with Crippen LogP contribution in [0.1, 0.15) is 5.82 Å². The number of nitrogens with zero attached hydrogens (tertiary/aromatic N) is 2. The summed E-state index contributed by atoms with van der Waals surface area (Å²) in [5.74, 6) is 0.387. The third-order valence-electron chi connectivity index (χ3n) is 1.75. The largest absolute Gasteiger partial charge is 0.334 e. The van der Waals surface area contributed by atoms with Crippen LogP contribution in [0.25, 0.3) is 11.5 Å². The Bertz CT molecular complexity index is 489. The quantitative estimate of drug-likeness (QED) is 0.796. The number of rotatable bonds is 2. The first-order valence-electron chi connectivity index (χ1n) is 4.04. The van der Waals surface area contributed by atoms with Crippen molar-refractivity contribution in [2.45, 2.75) is 5.33 Å². The molecular formula is C9H5BrClFN2O. The zero-order chi connectivity index (χ0) is 10.8. The number of halogens is 3. The molecule has 0 aliphatic carbocycles. The van der Waals surface area contributed by atoms with Gasteiger partial charge in [-0.05, 0) is 18.2 Å². The molecule has 0 amide bonds. The number of hydrogen-bond donors (Lipinski definition) is 0. The van der Waals surface area contributed by atoms with E-state index in [1.54, 1.807) is 0 Å². The Morgan fingerprint density at radius 2 is 2.27 bits per heavy atom. The molecule has 3 nitrogen and oxygen atoms in total. The minimum Gasteiger partial charge on any atom is -0.334 e. The Morgan fingerprint density at radius 3 is 2.87 bits per heavy atom. The molecule has 0 atom stereocenters. The summed E-state index contributed by atoms with van der Waals surface area (Å²) in [6.45, 7) is 0. The minimum absolute atomic E-state index is 0.0334. The molecule has 2 rings (SSSR count). The van der Waals surface area contributed by atoms with E-state index in [9.17, 15) is 4.39 Å². The van der Waals surface area contributed by atoms with Gasteiger partial charge in [-0.2, -0.15) is 4.98 Å². The van der Waals surface area contributed by atoms with Gasteiger partial charge in [-0.3, -0.25) is 0 Å². The Morgan fingerprint density at radius 1 is 1.47 bits per heavy atom. The Kier molecular flexibility index (Phi) is 3.02. The van der Waals surface area contributed by atoms with Crippen LogP contribution in [0.2, 0.25) is 5.02 Å². The zero-order valence-electron chi connectivity index (χ0n) is 7.38. The number of alkyl halides is 1. The fraction of sp³-hybridized carbons (Fsp3) is 0.111. The molecule has 6 heteroatoms. The van der Waals surface area contributed by atoms with E-state index in [2.05, 4.69) is 26.1 Å². The van der Waals surface area contributed by atoms with Crippen LogP contribution in [0.3, 0.4) is 0 Å². The molecule has 1 aromatic carbocycles. The highest BCUT2D eigenvalue weighted by molar-refractivity contribution is 9.08. The van der Waals surface area contributed by atoms with E-state index in [0.717, 1.165) is 0 Å². The summed E-state index contributed by atoms with van der Waals surface area (Å²) >= 11 is 8.83. The average molecular weight is 292 g/mol. The maximum Gasteiger partial charge on any atom is 0.258 e. The van der Waals surface area contributed by atoms with Gasteiger partial charge in [0, 0.05) is 5.56 Å². The van der Waals surface area contributed by atoms with Crippen LogP contribution in [-0.4, -0.2) is 10.1 Å². The molecule has 1 heterocycles. The van der Waals surface area contributed by atoms with Gasteiger partial charge < -0.3 is 4.52 Å². The van der Waals surface area contributed by atoms with E-state index in [1.807, 2.05) is 0 Å². The summed E-state index contributed by atoms with van der Waals surface area (Å²) in [6, 6.07) is 4.24. The summed E-state index contributed by atoms with van der Waals surface area (Å²) in [4.78, 5) is 4.06. The monoisotopic (exact) mass is 290 g/mol. The summed E-state index contributed by atoms with van der Waals surface area (Å²) in [5.41, 5.74) is 0.598. The molecule has 15 heavy (non-hydrogen) atoms. The Balaban J connectivity index is 2.40. The molecule has 78 valence electrons. The molecule has 0 aliphatic rings. The van der Waals surface area contributed by atoms with Crippen LogP contribution in [0.5, 0.6) is 0 Å². The van der Waals surface area contributed by atoms with Crippen molar-refractivity contribution in [2.75, 3.05) is 0 Å². The first-order valence-corrected chi connectivity index (χ1v) is 5.54. The number of hydrogen-bond acceptors (Lipinski definition) is 3. The summed E-state index contributed by atoms with van der Waals surface area (Å²) < 4.78 is 17.8. The van der Waals surface area contributed by atoms with Gasteiger partial charge >= 0.3 is 0 Å². The molecule has 0 saturated carbocycles. The van der Waals surface area contributed by atoms with Gasteiger partial charge in [-0.15, -0.1) is 0 Å².